The number of hydrogen-bond acceptors (Lipinski definition) is 7. The summed E-state index contributed by atoms with van der Waals surface area (Å²) in [6.45, 7) is 4.43. The Bertz CT molecular complexity index is 1230. The van der Waals surface area contributed by atoms with Gasteiger partial charge in [-0.2, -0.15) is 0 Å². The van der Waals surface area contributed by atoms with Crippen LogP contribution in [-0.2, 0) is 11.3 Å². The molecule has 3 aromatic rings. The molecule has 8 nitrogen and oxygen atoms in total. The highest BCUT2D eigenvalue weighted by molar-refractivity contribution is 7.17. The van der Waals surface area contributed by atoms with Crippen molar-refractivity contribution in [2.45, 2.75) is 13.5 Å². The maximum Gasteiger partial charge on any atom is 0.294 e. The number of halogens is 1. The molecule has 10 heteroatoms. The maximum atomic E-state index is 13.3. The summed E-state index contributed by atoms with van der Waals surface area (Å²) in [7, 11) is 6.14. The van der Waals surface area contributed by atoms with Gasteiger partial charge in [-0.1, -0.05) is 19.1 Å². The monoisotopic (exact) mass is 500 g/mol. The van der Waals surface area contributed by atoms with Gasteiger partial charge in [0, 0.05) is 52.2 Å². The minimum absolute atomic E-state index is 0.0776. The number of Topliss-reactive ketones (excluding diaryl/α,β-unsaturated/α-hetero) is 1. The molecule has 0 saturated carbocycles. The summed E-state index contributed by atoms with van der Waals surface area (Å²) >= 11 is 1.26. The summed E-state index contributed by atoms with van der Waals surface area (Å²) in [5, 5.41) is 1.58. The fourth-order valence-corrected chi connectivity index (χ4v) is 4.40. The van der Waals surface area contributed by atoms with E-state index in [1.807, 2.05) is 6.92 Å². The second-order valence-electron chi connectivity index (χ2n) is 8.29. The van der Waals surface area contributed by atoms with E-state index in [2.05, 4.69) is 9.88 Å². The molecular weight excluding hydrogens is 471 g/mol. The van der Waals surface area contributed by atoms with Crippen LogP contribution in [0.1, 0.15) is 33.3 Å². The number of rotatable bonds is 10. The van der Waals surface area contributed by atoms with E-state index in [1.165, 1.54) is 49.6 Å². The first-order chi connectivity index (χ1) is 16.7. The molecule has 0 N–H and O–H groups in total. The second kappa shape index (κ2) is 11.4. The molecule has 0 spiro atoms. The fourth-order valence-electron chi connectivity index (χ4n) is 3.50. The summed E-state index contributed by atoms with van der Waals surface area (Å²) in [4.78, 5) is 47.5. The number of amides is 2. The average molecular weight is 501 g/mol. The number of benzene rings is 1. The SMILES string of the molecule is CCN(CCN(C)C(=O)c1nc2c(C(=O)C(=O)N(C)C)csc2cc1OC)Cc1ccc(F)cc1. The van der Waals surface area contributed by atoms with Crippen molar-refractivity contribution >= 4 is 39.2 Å². The molecular formula is C25H29FN4O4S. The molecule has 0 aliphatic heterocycles. The van der Waals surface area contributed by atoms with Crippen molar-refractivity contribution in [1.82, 2.24) is 19.7 Å². The lowest BCUT2D eigenvalue weighted by molar-refractivity contribution is -0.124. The number of nitrogens with zero attached hydrogens (tertiary/aromatic N) is 4. The molecule has 0 aliphatic carbocycles. The minimum Gasteiger partial charge on any atom is -0.494 e. The van der Waals surface area contributed by atoms with Crippen molar-refractivity contribution in [3.8, 4) is 5.75 Å². The van der Waals surface area contributed by atoms with Crippen LogP contribution in [0.5, 0.6) is 5.75 Å². The van der Waals surface area contributed by atoms with E-state index in [4.69, 9.17) is 4.74 Å². The number of hydrogen-bond donors (Lipinski definition) is 0. The normalized spacial score (nSPS) is 11.1. The number of carbonyl (C=O) groups excluding carboxylic acids is 3. The van der Waals surface area contributed by atoms with Gasteiger partial charge < -0.3 is 14.5 Å². The topological polar surface area (TPSA) is 83.0 Å². The number of fused-ring (bicyclic) bond motifs is 1. The smallest absolute Gasteiger partial charge is 0.294 e. The summed E-state index contributed by atoms with van der Waals surface area (Å²) < 4.78 is 19.2. The van der Waals surface area contributed by atoms with Crippen molar-refractivity contribution in [2.24, 2.45) is 0 Å². The molecule has 0 saturated heterocycles. The van der Waals surface area contributed by atoms with Crippen LogP contribution in [0.4, 0.5) is 4.39 Å². The Morgan fingerprint density at radius 2 is 1.77 bits per heavy atom. The highest BCUT2D eigenvalue weighted by Gasteiger charge is 2.26. The first-order valence-corrected chi connectivity index (χ1v) is 12.0. The van der Waals surface area contributed by atoms with E-state index < -0.39 is 11.7 Å². The Balaban J connectivity index is 1.79. The first kappa shape index (κ1) is 26.2. The van der Waals surface area contributed by atoms with Crippen LogP contribution >= 0.6 is 11.3 Å². The van der Waals surface area contributed by atoms with Crippen molar-refractivity contribution in [2.75, 3.05) is 47.9 Å². The Kier molecular flexibility index (Phi) is 8.52. The van der Waals surface area contributed by atoms with Crippen LogP contribution in [0, 0.1) is 5.82 Å². The van der Waals surface area contributed by atoms with Crippen LogP contribution in [0.2, 0.25) is 0 Å². The third-order valence-electron chi connectivity index (χ3n) is 5.64. The van der Waals surface area contributed by atoms with Gasteiger partial charge in [0.2, 0.25) is 0 Å². The van der Waals surface area contributed by atoms with Crippen molar-refractivity contribution in [1.29, 1.82) is 0 Å². The predicted molar refractivity (Wildman–Crippen MR) is 134 cm³/mol. The van der Waals surface area contributed by atoms with Crippen molar-refractivity contribution in [3.05, 3.63) is 58.3 Å². The average Bonchev–Trinajstić information content (AvgIpc) is 3.27. The van der Waals surface area contributed by atoms with Crippen LogP contribution in [-0.4, -0.2) is 85.2 Å². The zero-order valence-corrected chi connectivity index (χ0v) is 21.3. The fraction of sp³-hybridized carbons (Fsp3) is 0.360. The van der Waals surface area contributed by atoms with E-state index in [9.17, 15) is 18.8 Å². The molecule has 186 valence electrons. The van der Waals surface area contributed by atoms with Gasteiger partial charge in [0.05, 0.1) is 22.9 Å². The van der Waals surface area contributed by atoms with Crippen LogP contribution in [0.25, 0.3) is 10.2 Å². The largest absolute Gasteiger partial charge is 0.494 e. The molecule has 0 aliphatic rings. The van der Waals surface area contributed by atoms with Crippen molar-refractivity contribution < 1.29 is 23.5 Å². The summed E-state index contributed by atoms with van der Waals surface area (Å²) in [5.74, 6) is -1.67. The Morgan fingerprint density at radius 1 is 1.09 bits per heavy atom. The van der Waals surface area contributed by atoms with Gasteiger partial charge in [0.15, 0.2) is 11.4 Å². The molecule has 0 bridgehead atoms. The minimum atomic E-state index is -0.676. The number of ether oxygens (including phenoxy) is 1. The maximum absolute atomic E-state index is 13.3. The molecule has 0 fully saturated rings. The van der Waals surface area contributed by atoms with Gasteiger partial charge in [0.1, 0.15) is 5.82 Å². The van der Waals surface area contributed by atoms with Gasteiger partial charge >= 0.3 is 0 Å². The van der Waals surface area contributed by atoms with Gasteiger partial charge in [-0.25, -0.2) is 9.37 Å². The lowest BCUT2D eigenvalue weighted by Crippen LogP contribution is -2.36. The Labute approximate surface area is 207 Å². The highest BCUT2D eigenvalue weighted by atomic mass is 32.1. The van der Waals surface area contributed by atoms with Gasteiger partial charge in [-0.3, -0.25) is 19.3 Å². The zero-order chi connectivity index (χ0) is 25.7. The second-order valence-corrected chi connectivity index (χ2v) is 9.20. The molecule has 0 radical (unpaired) electrons. The number of carbonyl (C=O) groups is 3. The lowest BCUT2D eigenvalue weighted by atomic mass is 10.1. The first-order valence-electron chi connectivity index (χ1n) is 11.1. The van der Waals surface area contributed by atoms with E-state index in [0.717, 1.165) is 12.1 Å². The van der Waals surface area contributed by atoms with E-state index in [-0.39, 0.29) is 23.0 Å². The van der Waals surface area contributed by atoms with E-state index in [1.54, 1.807) is 35.5 Å². The summed E-state index contributed by atoms with van der Waals surface area (Å²) in [5.41, 5.74) is 1.53. The number of thiophene rings is 1. The molecule has 35 heavy (non-hydrogen) atoms. The molecule has 2 aromatic heterocycles. The number of ketones is 1. The van der Waals surface area contributed by atoms with E-state index in [0.29, 0.717) is 35.6 Å². The molecule has 0 atom stereocenters. The number of methoxy groups -OCH3 is 1. The van der Waals surface area contributed by atoms with Gasteiger partial charge in [-0.05, 0) is 24.2 Å². The number of aromatic nitrogens is 1. The van der Waals surface area contributed by atoms with Crippen LogP contribution in [0.3, 0.4) is 0 Å². The molecule has 3 rings (SSSR count). The summed E-state index contributed by atoms with van der Waals surface area (Å²) in [6.07, 6.45) is 0. The Hall–Kier alpha value is -3.37. The molecule has 2 amide bonds. The number of likely N-dealkylation sites (N-methyl/N-ethyl adjacent to an activating group) is 3. The Morgan fingerprint density at radius 3 is 2.37 bits per heavy atom. The lowest BCUT2D eigenvalue weighted by Gasteiger charge is -2.24. The summed E-state index contributed by atoms with van der Waals surface area (Å²) in [6, 6.07) is 8.03. The van der Waals surface area contributed by atoms with Crippen molar-refractivity contribution in [3.63, 3.8) is 0 Å². The van der Waals surface area contributed by atoms with Gasteiger partial charge in [-0.15, -0.1) is 11.3 Å². The number of pyridine rings is 1. The predicted octanol–water partition coefficient (Wildman–Crippen LogP) is 3.31. The third kappa shape index (κ3) is 6.01. The molecule has 0 unspecified atom stereocenters. The highest BCUT2D eigenvalue weighted by Crippen LogP contribution is 2.31. The van der Waals surface area contributed by atoms with E-state index >= 15 is 0 Å². The molecule has 2 heterocycles. The standard InChI is InChI=1S/C25H29FN4O4S/c1-6-30(14-16-7-9-17(26)10-8-16)12-11-29(4)24(32)22-19(34-5)13-20-21(27-22)18(15-35-20)23(31)25(33)28(2)3/h7-10,13,15H,6,11-12,14H2,1-5H3. The third-order valence-corrected chi connectivity index (χ3v) is 6.56. The van der Waals surface area contributed by atoms with Crippen LogP contribution < -0.4 is 4.74 Å². The van der Waals surface area contributed by atoms with Gasteiger partial charge in [0.25, 0.3) is 17.6 Å². The van der Waals surface area contributed by atoms with Crippen LogP contribution in [0.15, 0.2) is 35.7 Å². The zero-order valence-electron chi connectivity index (χ0n) is 20.5. The quantitative estimate of drug-likeness (QED) is 0.314. The molecule has 1 aromatic carbocycles.